The molecule has 0 atom stereocenters. The standard InChI is InChI=1S/C5H5.2CO.Cl2Ge.Mn/c1-2-4-5-3-1;2*1-2;1-3-2;/h1-5H;;;;/q-1;;;;. The molecule has 0 heterocycles. The Bertz CT molecular complexity index is 142. The Balaban J connectivity index is -0.0000000453. The third-order valence-electron chi connectivity index (χ3n) is 0.556. The summed E-state index contributed by atoms with van der Waals surface area (Å²) in [5, 5.41) is 0. The molecule has 6 heteroatoms. The van der Waals surface area contributed by atoms with Gasteiger partial charge in [-0.05, 0) is 0 Å². The van der Waals surface area contributed by atoms with Crippen LogP contribution in [0.2, 0.25) is 0 Å². The van der Waals surface area contributed by atoms with Crippen LogP contribution >= 0.6 is 20.0 Å². The van der Waals surface area contributed by atoms with Crippen molar-refractivity contribution in [1.29, 1.82) is 0 Å². The van der Waals surface area contributed by atoms with Crippen LogP contribution in [0.15, 0.2) is 30.3 Å². The molecule has 0 fully saturated rings. The van der Waals surface area contributed by atoms with Crippen LogP contribution in [-0.2, 0) is 26.4 Å². The van der Waals surface area contributed by atoms with Gasteiger partial charge >= 0.3 is 56.2 Å². The Morgan fingerprint density at radius 3 is 1.31 bits per heavy atom. The van der Waals surface area contributed by atoms with Crippen LogP contribution in [0.3, 0.4) is 0 Å². The van der Waals surface area contributed by atoms with Crippen molar-refractivity contribution in [3.63, 3.8) is 0 Å². The van der Waals surface area contributed by atoms with Gasteiger partial charge in [0.1, 0.15) is 0 Å². The Kier molecular flexibility index (Phi) is 70.4. The molecule has 0 saturated heterocycles. The van der Waals surface area contributed by atoms with Gasteiger partial charge in [0.2, 0.25) is 0 Å². The van der Waals surface area contributed by atoms with Crippen molar-refractivity contribution in [3.05, 3.63) is 43.6 Å². The van der Waals surface area contributed by atoms with E-state index in [0.29, 0.717) is 0 Å². The molecule has 0 N–H and O–H groups in total. The fourth-order valence-corrected chi connectivity index (χ4v) is 0.321. The Labute approximate surface area is 103 Å². The van der Waals surface area contributed by atoms with Crippen LogP contribution in [0, 0.1) is 13.3 Å². The van der Waals surface area contributed by atoms with E-state index in [0.717, 1.165) is 0 Å². The topological polar surface area (TPSA) is 39.8 Å². The molecule has 0 saturated carbocycles. The Hall–Kier alpha value is 0.472. The fraction of sp³-hybridized carbons (Fsp3) is 0. The first-order valence-corrected chi connectivity index (χ1v) is 7.97. The second-order valence-corrected chi connectivity index (χ2v) is 4.30. The van der Waals surface area contributed by atoms with E-state index < -0.39 is 13.6 Å². The quantitative estimate of drug-likeness (QED) is 0.400. The first kappa shape index (κ1) is 23.4. The molecule has 0 unspecified atom stereocenters. The largest absolute Gasteiger partial charge is 0.214 e. The number of hydrogen-bond donors (Lipinski definition) is 0. The average molecular weight is 320 g/mol. The van der Waals surface area contributed by atoms with Gasteiger partial charge in [-0.25, -0.2) is 12.1 Å². The van der Waals surface area contributed by atoms with Crippen molar-refractivity contribution in [2.24, 2.45) is 0 Å². The summed E-state index contributed by atoms with van der Waals surface area (Å²) in [5.41, 5.74) is 0. The smallest absolute Gasteiger partial charge is 0 e. The maximum Gasteiger partial charge on any atom is 0 e. The number of rotatable bonds is 0. The summed E-state index contributed by atoms with van der Waals surface area (Å²) in [7, 11) is 9.78. The molecule has 1 rings (SSSR count). The summed E-state index contributed by atoms with van der Waals surface area (Å²) >= 11 is -0.556. The average Bonchev–Trinajstić information content (AvgIpc) is 2.69. The molecule has 0 bridgehead atoms. The van der Waals surface area contributed by atoms with E-state index in [4.69, 9.17) is 29.3 Å². The maximum absolute atomic E-state index is 7.50. The van der Waals surface area contributed by atoms with Crippen LogP contribution in [-0.4, -0.2) is 13.6 Å². The predicted molar refractivity (Wildman–Crippen MR) is 47.4 cm³/mol. The van der Waals surface area contributed by atoms with Crippen molar-refractivity contribution in [2.45, 2.75) is 0 Å². The maximum atomic E-state index is 7.50. The summed E-state index contributed by atoms with van der Waals surface area (Å²) in [5.74, 6) is 0. The minimum absolute atomic E-state index is 0. The van der Waals surface area contributed by atoms with E-state index in [1.165, 1.54) is 0 Å². The van der Waals surface area contributed by atoms with Gasteiger partial charge in [-0.3, -0.25) is 0 Å². The molecule has 71 valence electrons. The number of halogens is 2. The summed E-state index contributed by atoms with van der Waals surface area (Å²) in [4.78, 5) is 0. The zero-order chi connectivity index (χ0) is 10.2. The summed E-state index contributed by atoms with van der Waals surface area (Å²) < 4.78 is 15.0. The van der Waals surface area contributed by atoms with Crippen molar-refractivity contribution >= 4 is 33.6 Å². The summed E-state index contributed by atoms with van der Waals surface area (Å²) in [6.45, 7) is 9.00. The van der Waals surface area contributed by atoms with Crippen LogP contribution in [0.4, 0.5) is 0 Å². The van der Waals surface area contributed by atoms with Gasteiger partial charge in [-0.2, -0.15) is 18.2 Å². The molecule has 0 aliphatic carbocycles. The van der Waals surface area contributed by atoms with Crippen LogP contribution in [0.5, 0.6) is 0 Å². The summed E-state index contributed by atoms with van der Waals surface area (Å²) in [6.07, 6.45) is 0. The second kappa shape index (κ2) is 39.2. The molecule has 3 radical (unpaired) electrons. The Morgan fingerprint density at radius 2 is 1.23 bits per heavy atom. The molecular formula is C7H5Cl2GeMnO2-. The molecule has 0 aliphatic heterocycles. The first-order chi connectivity index (χ1) is 5.91. The van der Waals surface area contributed by atoms with Crippen molar-refractivity contribution in [3.8, 4) is 0 Å². The SMILES string of the molecule is [C-]#[O+].[C-]#[O+].[Cl][Ge][Cl].[Mn].c1cc[cH-]c1. The van der Waals surface area contributed by atoms with E-state index in [-0.39, 0.29) is 17.1 Å². The van der Waals surface area contributed by atoms with Gasteiger partial charge in [0.15, 0.2) is 0 Å². The van der Waals surface area contributed by atoms with E-state index in [9.17, 15) is 0 Å². The first-order valence-electron chi connectivity index (χ1n) is 2.45. The molecule has 0 aliphatic rings. The van der Waals surface area contributed by atoms with Gasteiger partial charge in [-0.15, -0.1) is 0 Å². The van der Waals surface area contributed by atoms with Gasteiger partial charge < -0.3 is 0 Å². The van der Waals surface area contributed by atoms with E-state index in [1.807, 2.05) is 30.3 Å². The van der Waals surface area contributed by atoms with Gasteiger partial charge in [0, 0.05) is 17.1 Å². The van der Waals surface area contributed by atoms with Crippen molar-refractivity contribution in [2.75, 3.05) is 0 Å². The monoisotopic (exact) mass is 320 g/mol. The second-order valence-electron chi connectivity index (χ2n) is 1.03. The number of hydrogen-bond acceptors (Lipinski definition) is 0. The van der Waals surface area contributed by atoms with Crippen LogP contribution < -0.4 is 0 Å². The van der Waals surface area contributed by atoms with Gasteiger partial charge in [0.05, 0.1) is 0 Å². The molecule has 2 nitrogen and oxygen atoms in total. The zero-order valence-electron chi connectivity index (χ0n) is 6.34. The molecule has 0 spiro atoms. The third kappa shape index (κ3) is 45.7. The minimum Gasteiger partial charge on any atom is -0.214 e. The molecular weight excluding hydrogens is 315 g/mol. The third-order valence-corrected chi connectivity index (χ3v) is 0.556. The molecule has 0 aromatic heterocycles. The van der Waals surface area contributed by atoms with E-state index >= 15 is 0 Å². The minimum atomic E-state index is -0.556. The molecule has 13 heavy (non-hydrogen) atoms. The van der Waals surface area contributed by atoms with Crippen molar-refractivity contribution in [1.82, 2.24) is 0 Å². The molecule has 0 amide bonds. The van der Waals surface area contributed by atoms with Crippen LogP contribution in [0.1, 0.15) is 0 Å². The van der Waals surface area contributed by atoms with E-state index in [1.54, 1.807) is 0 Å². The molecule has 1 aromatic rings. The normalized spacial score (nSPS) is 4.77. The molecule has 1 aromatic carbocycles. The van der Waals surface area contributed by atoms with E-state index in [2.05, 4.69) is 13.3 Å². The van der Waals surface area contributed by atoms with Crippen molar-refractivity contribution < 1.29 is 26.4 Å². The predicted octanol–water partition coefficient (Wildman–Crippen LogP) is 2.33. The van der Waals surface area contributed by atoms with Gasteiger partial charge in [0.25, 0.3) is 0 Å². The Morgan fingerprint density at radius 1 is 1.00 bits per heavy atom. The van der Waals surface area contributed by atoms with Gasteiger partial charge in [-0.1, -0.05) is 0 Å². The zero-order valence-corrected chi connectivity index (χ0v) is 11.1. The summed E-state index contributed by atoms with van der Waals surface area (Å²) in [6, 6.07) is 10.0. The fourth-order valence-electron chi connectivity index (χ4n) is 0.321. The van der Waals surface area contributed by atoms with Crippen LogP contribution in [0.25, 0.3) is 0 Å².